The van der Waals surface area contributed by atoms with Crippen molar-refractivity contribution in [2.45, 2.75) is 231 Å². The van der Waals surface area contributed by atoms with Crippen LogP contribution in [0.5, 0.6) is 0 Å². The molecule has 60 heavy (non-hydrogen) atoms. The van der Waals surface area contributed by atoms with Crippen LogP contribution in [0.4, 0.5) is 35.7 Å². The van der Waals surface area contributed by atoms with E-state index in [4.69, 9.17) is 29.9 Å². The Morgan fingerprint density at radius 3 is 0.667 bits per heavy atom. The minimum atomic E-state index is -0.0199. The molecule has 16 heteroatoms. The average molecular weight is 835 g/mol. The van der Waals surface area contributed by atoms with Crippen LogP contribution in [-0.2, 0) is 0 Å². The van der Waals surface area contributed by atoms with Crippen LogP contribution in [0.1, 0.15) is 162 Å². The summed E-state index contributed by atoms with van der Waals surface area (Å²) in [7, 11) is 0. The van der Waals surface area contributed by atoms with E-state index in [-0.39, 0.29) is 68.5 Å². The summed E-state index contributed by atoms with van der Waals surface area (Å²) in [4.78, 5) is 29.5. The number of anilines is 6. The van der Waals surface area contributed by atoms with Gasteiger partial charge in [0.25, 0.3) is 0 Å². The number of hydrogen-bond acceptors (Lipinski definition) is 16. The molecule has 0 radical (unpaired) electrons. The Bertz CT molecular complexity index is 1490. The van der Waals surface area contributed by atoms with Gasteiger partial charge in [0.15, 0.2) is 0 Å². The third-order valence-corrected chi connectivity index (χ3v) is 12.1. The topological polar surface area (TPSA) is 198 Å². The van der Waals surface area contributed by atoms with Gasteiger partial charge < -0.3 is 53.2 Å². The van der Waals surface area contributed by atoms with E-state index < -0.39 is 0 Å². The third kappa shape index (κ3) is 13.6. The SMILES string of the molecule is CC1(C)CC(Nc2nc(NCCNc3nc(NC4CC(C)(C)NC(C)(C)C4)nc(NC4CC(C)(C)NC(C)(C)C4)n3)nc(NC3CC(C)(C)NC(C)(C)C3)n2)CC(C)(C)N1. The zero-order chi connectivity index (χ0) is 44.2. The average Bonchev–Trinajstić information content (AvgIpc) is 2.96. The molecule has 4 aliphatic rings. The van der Waals surface area contributed by atoms with E-state index in [2.05, 4.69) is 164 Å². The van der Waals surface area contributed by atoms with Gasteiger partial charge in [0.05, 0.1) is 0 Å². The first-order chi connectivity index (χ1) is 27.4. The number of piperidine rings is 4. The molecular weight excluding hydrogens is 753 g/mol. The predicted molar refractivity (Wildman–Crippen MR) is 248 cm³/mol. The van der Waals surface area contributed by atoms with Crippen LogP contribution in [0.2, 0.25) is 0 Å². The Labute approximate surface area is 361 Å². The minimum Gasteiger partial charge on any atom is -0.352 e. The molecule has 0 amide bonds. The van der Waals surface area contributed by atoms with Gasteiger partial charge in [-0.3, -0.25) is 0 Å². The van der Waals surface area contributed by atoms with Gasteiger partial charge in [-0.1, -0.05) is 0 Å². The molecule has 338 valence electrons. The Morgan fingerprint density at radius 1 is 0.317 bits per heavy atom. The lowest BCUT2D eigenvalue weighted by Gasteiger charge is -2.47. The van der Waals surface area contributed by atoms with Crippen molar-refractivity contribution in [2.75, 3.05) is 45.0 Å². The van der Waals surface area contributed by atoms with E-state index in [1.165, 1.54) is 0 Å². The molecule has 2 aromatic rings. The fourth-order valence-corrected chi connectivity index (χ4v) is 11.9. The molecule has 0 saturated carbocycles. The molecule has 0 atom stereocenters. The van der Waals surface area contributed by atoms with Crippen LogP contribution in [0.15, 0.2) is 0 Å². The van der Waals surface area contributed by atoms with E-state index in [0.717, 1.165) is 51.4 Å². The van der Waals surface area contributed by atoms with Gasteiger partial charge in [-0.25, -0.2) is 0 Å². The summed E-state index contributed by atoms with van der Waals surface area (Å²) in [5.74, 6) is 3.34. The van der Waals surface area contributed by atoms with Crippen molar-refractivity contribution in [3.05, 3.63) is 0 Å². The zero-order valence-electron chi connectivity index (χ0n) is 40.1. The molecule has 0 bridgehead atoms. The second-order valence-corrected chi connectivity index (χ2v) is 24.0. The van der Waals surface area contributed by atoms with Crippen molar-refractivity contribution >= 4 is 35.7 Å². The summed E-state index contributed by atoms with van der Waals surface area (Å²) < 4.78 is 0. The fourth-order valence-electron chi connectivity index (χ4n) is 11.9. The Hall–Kier alpha value is -3.34. The Balaban J connectivity index is 1.19. The van der Waals surface area contributed by atoms with E-state index in [1.54, 1.807) is 0 Å². The normalized spacial score (nSPS) is 25.8. The maximum absolute atomic E-state index is 4.95. The Kier molecular flexibility index (Phi) is 12.6. The Morgan fingerprint density at radius 2 is 0.483 bits per heavy atom. The van der Waals surface area contributed by atoms with E-state index in [9.17, 15) is 0 Å². The van der Waals surface area contributed by atoms with Crippen LogP contribution in [0.3, 0.4) is 0 Å². The van der Waals surface area contributed by atoms with Crippen molar-refractivity contribution < 1.29 is 0 Å². The lowest BCUT2D eigenvalue weighted by Crippen LogP contribution is -2.60. The van der Waals surface area contributed by atoms with Gasteiger partial charge in [-0.15, -0.1) is 0 Å². The molecule has 0 spiro atoms. The molecule has 6 rings (SSSR count). The highest BCUT2D eigenvalue weighted by molar-refractivity contribution is 5.46. The standard InChI is InChI=1S/C44H82N16/c1-37(2)19-27(20-38(3,4)57-37)47-33-51-31(52-34(55-33)48-28-21-39(5,6)58-40(7,8)22-28)45-17-18-46-32-53-35(49-29-23-41(9,10)59-42(11,12)24-29)56-36(54-32)50-30-25-43(13,14)60-44(15,16)26-30/h27-30,57-60H,17-26H2,1-16H3,(H3,45,47,48,51,52,55)(H3,46,49,50,53,54,56). The number of aromatic nitrogens is 6. The van der Waals surface area contributed by atoms with Gasteiger partial charge in [0, 0.05) is 81.6 Å². The molecule has 10 N–H and O–H groups in total. The van der Waals surface area contributed by atoms with Crippen LogP contribution in [0.25, 0.3) is 0 Å². The molecular formula is C44H82N16. The molecule has 4 fully saturated rings. The zero-order valence-corrected chi connectivity index (χ0v) is 40.1. The van der Waals surface area contributed by atoms with Crippen LogP contribution in [0, 0.1) is 0 Å². The van der Waals surface area contributed by atoms with Crippen LogP contribution in [-0.4, -0.2) is 111 Å². The summed E-state index contributed by atoms with van der Waals surface area (Å²) in [5, 5.41) is 36.9. The van der Waals surface area contributed by atoms with E-state index in [0.29, 0.717) is 48.8 Å². The van der Waals surface area contributed by atoms with E-state index in [1.807, 2.05) is 0 Å². The highest BCUT2D eigenvalue weighted by Gasteiger charge is 2.41. The van der Waals surface area contributed by atoms with Gasteiger partial charge >= 0.3 is 0 Å². The minimum absolute atomic E-state index is 0.0199. The molecule has 0 unspecified atom stereocenters. The first kappa shape index (κ1) is 46.2. The highest BCUT2D eigenvalue weighted by atomic mass is 15.3. The number of rotatable bonds is 13. The fraction of sp³-hybridized carbons (Fsp3) is 0.864. The van der Waals surface area contributed by atoms with Gasteiger partial charge in [0.1, 0.15) is 0 Å². The van der Waals surface area contributed by atoms with Crippen molar-refractivity contribution in [3.63, 3.8) is 0 Å². The number of nitrogens with zero attached hydrogens (tertiary/aromatic N) is 6. The first-order valence-electron chi connectivity index (χ1n) is 22.6. The summed E-state index contributed by atoms with van der Waals surface area (Å²) >= 11 is 0. The quantitative estimate of drug-likeness (QED) is 0.0986. The van der Waals surface area contributed by atoms with Gasteiger partial charge in [-0.05, 0) is 162 Å². The maximum atomic E-state index is 4.95. The summed E-state index contributed by atoms with van der Waals surface area (Å²) in [6.45, 7) is 37.3. The smallest absolute Gasteiger partial charge is 0.229 e. The van der Waals surface area contributed by atoms with E-state index >= 15 is 0 Å². The largest absolute Gasteiger partial charge is 0.352 e. The maximum Gasteiger partial charge on any atom is 0.229 e. The van der Waals surface area contributed by atoms with Crippen molar-refractivity contribution in [1.82, 2.24) is 51.2 Å². The number of hydrogen-bond donors (Lipinski definition) is 10. The summed E-state index contributed by atoms with van der Waals surface area (Å²) in [6.07, 6.45) is 7.62. The summed E-state index contributed by atoms with van der Waals surface area (Å²) in [6, 6.07) is 0.819. The lowest BCUT2D eigenvalue weighted by molar-refractivity contribution is 0.169. The molecule has 0 aromatic carbocycles. The third-order valence-electron chi connectivity index (χ3n) is 12.1. The van der Waals surface area contributed by atoms with Crippen molar-refractivity contribution in [2.24, 2.45) is 0 Å². The van der Waals surface area contributed by atoms with Crippen LogP contribution >= 0.6 is 0 Å². The first-order valence-corrected chi connectivity index (χ1v) is 22.6. The molecule has 2 aromatic heterocycles. The van der Waals surface area contributed by atoms with Gasteiger partial charge in [-0.2, -0.15) is 29.9 Å². The molecule has 6 heterocycles. The number of nitrogens with one attached hydrogen (secondary N) is 10. The lowest BCUT2D eigenvalue weighted by atomic mass is 9.79. The summed E-state index contributed by atoms with van der Waals surface area (Å²) in [5.41, 5.74) is -0.159. The second-order valence-electron chi connectivity index (χ2n) is 24.0. The van der Waals surface area contributed by atoms with Crippen molar-refractivity contribution in [3.8, 4) is 0 Å². The highest BCUT2D eigenvalue weighted by Crippen LogP contribution is 2.34. The van der Waals surface area contributed by atoms with Crippen LogP contribution < -0.4 is 53.2 Å². The molecule has 0 aliphatic carbocycles. The van der Waals surface area contributed by atoms with Gasteiger partial charge in [0.2, 0.25) is 35.7 Å². The molecule has 4 saturated heterocycles. The molecule has 16 nitrogen and oxygen atoms in total. The molecule has 4 aliphatic heterocycles. The van der Waals surface area contributed by atoms with Crippen molar-refractivity contribution in [1.29, 1.82) is 0 Å². The predicted octanol–water partition coefficient (Wildman–Crippen LogP) is 6.47. The monoisotopic (exact) mass is 835 g/mol. The second kappa shape index (κ2) is 16.4.